The molecule has 0 amide bonds. The molecule has 0 N–H and O–H groups in total. The highest BCUT2D eigenvalue weighted by Crippen LogP contribution is 1.91. The van der Waals surface area contributed by atoms with Crippen LogP contribution >= 0.6 is 0 Å². The van der Waals surface area contributed by atoms with E-state index >= 15 is 0 Å². The van der Waals surface area contributed by atoms with Gasteiger partial charge in [0.25, 0.3) is 0 Å². The molecular weight excluding hydrogens is 204 g/mol. The molecule has 0 fully saturated rings. The van der Waals surface area contributed by atoms with Crippen molar-refractivity contribution < 1.29 is 0 Å². The van der Waals surface area contributed by atoms with Gasteiger partial charge in [-0.25, -0.2) is 4.79 Å². The van der Waals surface area contributed by atoms with Crippen LogP contribution in [-0.2, 0) is 19.6 Å². The summed E-state index contributed by atoms with van der Waals surface area (Å²) in [5.74, 6) is 0. The lowest BCUT2D eigenvalue weighted by molar-refractivity contribution is 0.513. The minimum Gasteiger partial charge on any atom is -0.299 e. The lowest BCUT2D eigenvalue weighted by Crippen LogP contribution is -2.25. The highest BCUT2D eigenvalue weighted by molar-refractivity contribution is 4.82. The Hall–Kier alpha value is -1.78. The summed E-state index contributed by atoms with van der Waals surface area (Å²) in [5.41, 5.74) is 0.0639. The average molecular weight is 220 g/mol. The summed E-state index contributed by atoms with van der Waals surface area (Å²) in [7, 11) is 0. The second-order valence-corrected chi connectivity index (χ2v) is 3.74. The summed E-state index contributed by atoms with van der Waals surface area (Å²) in [5, 5.41) is 4.10. The summed E-state index contributed by atoms with van der Waals surface area (Å²) < 4.78 is 5.28. The zero-order valence-electron chi connectivity index (χ0n) is 9.41. The van der Waals surface area contributed by atoms with Crippen LogP contribution in [0.25, 0.3) is 0 Å². The van der Waals surface area contributed by atoms with E-state index in [0.29, 0.717) is 6.54 Å². The van der Waals surface area contributed by atoms with Crippen molar-refractivity contribution in [3.63, 3.8) is 0 Å². The number of hydrogen-bond acceptors (Lipinski definition) is 2. The molecule has 16 heavy (non-hydrogen) atoms. The quantitative estimate of drug-likeness (QED) is 0.753. The largest absolute Gasteiger partial charge is 0.328 e. The van der Waals surface area contributed by atoms with E-state index in [4.69, 9.17) is 0 Å². The molecule has 0 aliphatic heterocycles. The van der Waals surface area contributed by atoms with E-state index in [-0.39, 0.29) is 5.69 Å². The predicted molar refractivity (Wildman–Crippen MR) is 61.2 cm³/mol. The third kappa shape index (κ3) is 2.24. The van der Waals surface area contributed by atoms with Crippen molar-refractivity contribution in [1.29, 1.82) is 0 Å². The second kappa shape index (κ2) is 4.83. The van der Waals surface area contributed by atoms with Crippen molar-refractivity contribution in [2.24, 2.45) is 0 Å². The van der Waals surface area contributed by atoms with Gasteiger partial charge in [0.1, 0.15) is 0 Å². The maximum atomic E-state index is 11.8. The zero-order chi connectivity index (χ0) is 11.4. The van der Waals surface area contributed by atoms with Crippen molar-refractivity contribution in [3.8, 4) is 0 Å². The molecule has 0 unspecified atom stereocenters. The van der Waals surface area contributed by atoms with Crippen LogP contribution in [0.2, 0.25) is 0 Å². The molecule has 5 nitrogen and oxygen atoms in total. The molecule has 0 aliphatic rings. The molecular formula is C11H16N4O. The normalized spacial score (nSPS) is 10.8. The van der Waals surface area contributed by atoms with E-state index in [1.807, 2.05) is 29.3 Å². The molecule has 0 spiro atoms. The van der Waals surface area contributed by atoms with Crippen molar-refractivity contribution in [2.75, 3.05) is 0 Å². The smallest absolute Gasteiger partial charge is 0.299 e. The van der Waals surface area contributed by atoms with Gasteiger partial charge in [0, 0.05) is 37.9 Å². The lowest BCUT2D eigenvalue weighted by Gasteiger charge is -2.02. The van der Waals surface area contributed by atoms with E-state index < -0.39 is 0 Å². The van der Waals surface area contributed by atoms with Crippen molar-refractivity contribution >= 4 is 0 Å². The van der Waals surface area contributed by atoms with Gasteiger partial charge < -0.3 is 0 Å². The molecule has 2 aromatic heterocycles. The van der Waals surface area contributed by atoms with Crippen LogP contribution in [0.5, 0.6) is 0 Å². The maximum absolute atomic E-state index is 11.8. The van der Waals surface area contributed by atoms with Gasteiger partial charge >= 0.3 is 5.69 Å². The molecule has 0 saturated carbocycles. The SMILES string of the molecule is CCCn1ccn(CCn2cccn2)c1=O. The second-order valence-electron chi connectivity index (χ2n) is 3.74. The number of rotatable bonds is 5. The number of aryl methyl sites for hydroxylation is 3. The third-order valence-corrected chi connectivity index (χ3v) is 2.51. The Bertz CT molecular complexity index is 480. The Kier molecular flexibility index (Phi) is 3.24. The summed E-state index contributed by atoms with van der Waals surface area (Å²) in [4.78, 5) is 11.8. The molecule has 2 rings (SSSR count). The van der Waals surface area contributed by atoms with Crippen molar-refractivity contribution in [3.05, 3.63) is 41.3 Å². The van der Waals surface area contributed by atoms with E-state index in [0.717, 1.165) is 19.5 Å². The molecule has 0 saturated heterocycles. The van der Waals surface area contributed by atoms with Gasteiger partial charge in [-0.1, -0.05) is 6.92 Å². The first kappa shape index (κ1) is 10.7. The first-order chi connectivity index (χ1) is 7.81. The molecule has 0 aliphatic carbocycles. The summed E-state index contributed by atoms with van der Waals surface area (Å²) in [6.07, 6.45) is 8.29. The minimum atomic E-state index is 0.0639. The molecule has 5 heteroatoms. The van der Waals surface area contributed by atoms with Crippen LogP contribution in [0.1, 0.15) is 13.3 Å². The summed E-state index contributed by atoms with van der Waals surface area (Å²) in [6.45, 7) is 4.24. The predicted octanol–water partition coefficient (Wildman–Crippen LogP) is 0.956. The summed E-state index contributed by atoms with van der Waals surface area (Å²) >= 11 is 0. The summed E-state index contributed by atoms with van der Waals surface area (Å²) in [6, 6.07) is 1.88. The number of aromatic nitrogens is 4. The molecule has 2 aromatic rings. The molecule has 2 heterocycles. The fraction of sp³-hybridized carbons (Fsp3) is 0.455. The van der Waals surface area contributed by atoms with Crippen LogP contribution in [0.15, 0.2) is 35.6 Å². The number of hydrogen-bond donors (Lipinski definition) is 0. The van der Waals surface area contributed by atoms with Crippen LogP contribution < -0.4 is 5.69 Å². The van der Waals surface area contributed by atoms with Gasteiger partial charge in [-0.3, -0.25) is 13.8 Å². The van der Waals surface area contributed by atoms with E-state index in [2.05, 4.69) is 12.0 Å². The highest BCUT2D eigenvalue weighted by atomic mass is 16.1. The van der Waals surface area contributed by atoms with Crippen LogP contribution in [0.3, 0.4) is 0 Å². The van der Waals surface area contributed by atoms with Crippen LogP contribution in [0.4, 0.5) is 0 Å². The molecule has 86 valence electrons. The fourth-order valence-corrected chi connectivity index (χ4v) is 1.68. The van der Waals surface area contributed by atoms with Gasteiger partial charge in [-0.05, 0) is 12.5 Å². The monoisotopic (exact) mass is 220 g/mol. The van der Waals surface area contributed by atoms with Crippen molar-refractivity contribution in [2.45, 2.75) is 33.0 Å². The molecule has 0 atom stereocenters. The Balaban J connectivity index is 2.02. The van der Waals surface area contributed by atoms with Gasteiger partial charge in [-0.2, -0.15) is 5.10 Å². The number of nitrogens with zero attached hydrogens (tertiary/aromatic N) is 4. The Morgan fingerprint density at radius 1 is 1.12 bits per heavy atom. The topological polar surface area (TPSA) is 44.8 Å². The highest BCUT2D eigenvalue weighted by Gasteiger charge is 2.01. The standard InChI is InChI=1S/C11H16N4O/c1-2-5-13-7-8-14(11(13)16)9-10-15-6-3-4-12-15/h3-4,6-8H,2,5,9-10H2,1H3. The van der Waals surface area contributed by atoms with E-state index in [1.165, 1.54) is 0 Å². The fourth-order valence-electron chi connectivity index (χ4n) is 1.68. The first-order valence-electron chi connectivity index (χ1n) is 5.54. The lowest BCUT2D eigenvalue weighted by atomic mass is 10.5. The van der Waals surface area contributed by atoms with Crippen LogP contribution in [-0.4, -0.2) is 18.9 Å². The van der Waals surface area contributed by atoms with Gasteiger partial charge in [0.15, 0.2) is 0 Å². The maximum Gasteiger partial charge on any atom is 0.328 e. The minimum absolute atomic E-state index is 0.0639. The van der Waals surface area contributed by atoms with Crippen molar-refractivity contribution in [1.82, 2.24) is 18.9 Å². The number of imidazole rings is 1. The first-order valence-corrected chi connectivity index (χ1v) is 5.54. The van der Waals surface area contributed by atoms with Gasteiger partial charge in [-0.15, -0.1) is 0 Å². The Morgan fingerprint density at radius 3 is 2.50 bits per heavy atom. The molecule has 0 bridgehead atoms. The van der Waals surface area contributed by atoms with Gasteiger partial charge in [0.2, 0.25) is 0 Å². The molecule has 0 aromatic carbocycles. The molecule has 0 radical (unpaired) electrons. The van der Waals surface area contributed by atoms with Crippen LogP contribution in [0, 0.1) is 0 Å². The van der Waals surface area contributed by atoms with Gasteiger partial charge in [0.05, 0.1) is 6.54 Å². The van der Waals surface area contributed by atoms with E-state index in [1.54, 1.807) is 15.3 Å². The third-order valence-electron chi connectivity index (χ3n) is 2.51. The Morgan fingerprint density at radius 2 is 1.88 bits per heavy atom. The van der Waals surface area contributed by atoms with E-state index in [9.17, 15) is 4.79 Å². The average Bonchev–Trinajstić information content (AvgIpc) is 2.89. The zero-order valence-corrected chi connectivity index (χ0v) is 9.41. The Labute approximate surface area is 93.9 Å².